The Balaban J connectivity index is 1.66. The summed E-state index contributed by atoms with van der Waals surface area (Å²) in [6.07, 6.45) is 0. The van der Waals surface area contributed by atoms with Crippen molar-refractivity contribution in [2.75, 3.05) is 31.7 Å². The average molecular weight is 427 g/mol. The Bertz CT molecular complexity index is 948. The summed E-state index contributed by atoms with van der Waals surface area (Å²) in [6.45, 7) is 0.681. The molecule has 1 saturated heterocycles. The maximum absolute atomic E-state index is 12.7. The van der Waals surface area contributed by atoms with Gasteiger partial charge < -0.3 is 4.74 Å². The van der Waals surface area contributed by atoms with E-state index in [1.54, 1.807) is 43.5 Å². The highest BCUT2D eigenvalue weighted by Crippen LogP contribution is 2.20. The zero-order chi connectivity index (χ0) is 19.4. The van der Waals surface area contributed by atoms with Crippen LogP contribution in [0.3, 0.4) is 0 Å². The number of sulfonamides is 1. The van der Waals surface area contributed by atoms with Crippen LogP contribution in [0.2, 0.25) is 5.02 Å². The van der Waals surface area contributed by atoms with Gasteiger partial charge in [-0.3, -0.25) is 4.79 Å². The van der Waals surface area contributed by atoms with E-state index in [1.807, 2.05) is 0 Å². The predicted molar refractivity (Wildman–Crippen MR) is 107 cm³/mol. The van der Waals surface area contributed by atoms with E-state index in [1.165, 1.54) is 16.4 Å². The number of carbonyl (C=O) groups excluding carboxylic acids is 1. The van der Waals surface area contributed by atoms with Crippen molar-refractivity contribution in [1.29, 1.82) is 0 Å². The summed E-state index contributed by atoms with van der Waals surface area (Å²) in [5.41, 5.74) is 0.500. The Morgan fingerprint density at radius 3 is 2.22 bits per heavy atom. The smallest absolute Gasteiger partial charge is 0.282 e. The first-order chi connectivity index (χ1) is 12.9. The van der Waals surface area contributed by atoms with E-state index in [-0.39, 0.29) is 10.8 Å². The van der Waals surface area contributed by atoms with Crippen LogP contribution in [0.4, 0.5) is 0 Å². The highest BCUT2D eigenvalue weighted by Gasteiger charge is 2.27. The third kappa shape index (κ3) is 4.76. The lowest BCUT2D eigenvalue weighted by Gasteiger charge is -2.27. The highest BCUT2D eigenvalue weighted by molar-refractivity contribution is 7.90. The molecule has 0 unspecified atom stereocenters. The molecule has 0 radical (unpaired) electrons. The van der Waals surface area contributed by atoms with Gasteiger partial charge >= 0.3 is 0 Å². The van der Waals surface area contributed by atoms with E-state index >= 15 is 0 Å². The molecule has 1 heterocycles. The normalized spacial score (nSPS) is 16.1. The summed E-state index contributed by atoms with van der Waals surface area (Å²) in [4.78, 5) is 12.5. The Labute approximate surface area is 166 Å². The van der Waals surface area contributed by atoms with Gasteiger partial charge in [-0.05, 0) is 48.5 Å². The molecule has 2 aromatic carbocycles. The van der Waals surface area contributed by atoms with Crippen LogP contribution < -0.4 is 4.74 Å². The summed E-state index contributed by atoms with van der Waals surface area (Å²) in [5, 5.41) is 0.491. The predicted octanol–water partition coefficient (Wildman–Crippen LogP) is 3.00. The fraction of sp³-hybridized carbons (Fsp3) is 0.278. The maximum atomic E-state index is 12.7. The third-order valence-corrected chi connectivity index (χ3v) is 8.05. The van der Waals surface area contributed by atoms with Crippen molar-refractivity contribution in [2.24, 2.45) is 4.36 Å². The van der Waals surface area contributed by atoms with Gasteiger partial charge in [0, 0.05) is 35.2 Å². The number of ether oxygens (including phenoxy) is 1. The fourth-order valence-corrected chi connectivity index (χ4v) is 6.01. The largest absolute Gasteiger partial charge is 0.497 e. The quantitative estimate of drug-likeness (QED) is 0.753. The van der Waals surface area contributed by atoms with E-state index in [2.05, 4.69) is 4.36 Å². The third-order valence-electron chi connectivity index (χ3n) is 4.15. The Hall–Kier alpha value is -1.74. The topological polar surface area (TPSA) is 76.0 Å². The Morgan fingerprint density at radius 2 is 1.67 bits per heavy atom. The van der Waals surface area contributed by atoms with Crippen molar-refractivity contribution < 1.29 is 17.9 Å². The number of rotatable bonds is 4. The second-order valence-electron chi connectivity index (χ2n) is 5.85. The zero-order valence-corrected chi connectivity index (χ0v) is 17.1. The lowest BCUT2D eigenvalue weighted by Crippen LogP contribution is -2.41. The number of hydrogen-bond acceptors (Lipinski definition) is 4. The van der Waals surface area contributed by atoms with Gasteiger partial charge in [-0.25, -0.2) is 8.42 Å². The monoisotopic (exact) mass is 426 g/mol. The summed E-state index contributed by atoms with van der Waals surface area (Å²) in [6, 6.07) is 12.9. The van der Waals surface area contributed by atoms with Crippen LogP contribution in [0.5, 0.6) is 5.75 Å². The number of hydrogen-bond donors (Lipinski definition) is 0. The van der Waals surface area contributed by atoms with Crippen LogP contribution in [0.1, 0.15) is 10.4 Å². The maximum Gasteiger partial charge on any atom is 0.282 e. The summed E-state index contributed by atoms with van der Waals surface area (Å²) in [5.74, 6) is 1.47. The van der Waals surface area contributed by atoms with Gasteiger partial charge in [0.05, 0.1) is 12.0 Å². The van der Waals surface area contributed by atoms with Crippen LogP contribution in [0.15, 0.2) is 57.8 Å². The van der Waals surface area contributed by atoms with Gasteiger partial charge in [-0.15, -0.1) is 0 Å². The van der Waals surface area contributed by atoms with Crippen LogP contribution in [-0.2, 0) is 20.7 Å². The van der Waals surface area contributed by atoms with Gasteiger partial charge in [-0.1, -0.05) is 22.3 Å². The molecule has 144 valence electrons. The van der Waals surface area contributed by atoms with Crippen molar-refractivity contribution in [2.45, 2.75) is 4.90 Å². The van der Waals surface area contributed by atoms with Gasteiger partial charge in [0.1, 0.15) is 5.75 Å². The first-order valence-corrected chi connectivity index (χ1v) is 11.6. The minimum Gasteiger partial charge on any atom is -0.497 e. The summed E-state index contributed by atoms with van der Waals surface area (Å²) in [7, 11) is -2.47. The number of carbonyl (C=O) groups is 1. The molecule has 1 aliphatic heterocycles. The van der Waals surface area contributed by atoms with Crippen molar-refractivity contribution in [3.63, 3.8) is 0 Å². The second-order valence-corrected chi connectivity index (χ2v) is 10.2. The number of nitrogens with zero attached hydrogens (tertiary/aromatic N) is 2. The number of benzene rings is 2. The lowest BCUT2D eigenvalue weighted by molar-refractivity contribution is 0.100. The second kappa shape index (κ2) is 8.52. The molecule has 0 saturated carbocycles. The van der Waals surface area contributed by atoms with Gasteiger partial charge in [0.2, 0.25) is 10.0 Å². The number of methoxy groups -OCH3 is 1. The van der Waals surface area contributed by atoms with E-state index in [9.17, 15) is 13.2 Å². The van der Waals surface area contributed by atoms with Crippen LogP contribution in [-0.4, -0.2) is 50.3 Å². The van der Waals surface area contributed by atoms with Gasteiger partial charge in [0.25, 0.3) is 5.91 Å². The highest BCUT2D eigenvalue weighted by atomic mass is 35.5. The van der Waals surface area contributed by atoms with Crippen molar-refractivity contribution in [1.82, 2.24) is 4.31 Å². The average Bonchev–Trinajstić information content (AvgIpc) is 2.69. The lowest BCUT2D eigenvalue weighted by atomic mass is 10.2. The minimum absolute atomic E-state index is 0.222. The molecule has 0 aromatic heterocycles. The van der Waals surface area contributed by atoms with Crippen LogP contribution in [0, 0.1) is 0 Å². The van der Waals surface area contributed by atoms with E-state index in [0.29, 0.717) is 40.9 Å². The molecular formula is C18H19ClN2O4S2. The SMILES string of the molecule is COc1ccc(C(=O)N=S2CCN(S(=O)(=O)c3ccc(Cl)cc3)CC2)cc1. The van der Waals surface area contributed by atoms with Crippen molar-refractivity contribution >= 4 is 38.2 Å². The Kier molecular flexibility index (Phi) is 6.31. The van der Waals surface area contributed by atoms with E-state index in [4.69, 9.17) is 16.3 Å². The standard InChI is InChI=1S/C18H19ClN2O4S2/c1-25-16-6-2-14(3-7-16)18(22)20-26-12-10-21(11-13-26)27(23,24)17-8-4-15(19)5-9-17/h2-9H,10-13H2,1H3. The van der Waals surface area contributed by atoms with E-state index in [0.717, 1.165) is 0 Å². The molecule has 0 N–H and O–H groups in total. The number of halogens is 1. The number of amides is 1. The molecule has 9 heteroatoms. The van der Waals surface area contributed by atoms with Crippen molar-refractivity contribution in [3.8, 4) is 5.75 Å². The molecule has 2 aromatic rings. The Morgan fingerprint density at radius 1 is 1.07 bits per heavy atom. The molecule has 1 amide bonds. The molecular weight excluding hydrogens is 408 g/mol. The van der Waals surface area contributed by atoms with Crippen LogP contribution in [0.25, 0.3) is 0 Å². The first kappa shape index (κ1) is 20.0. The van der Waals surface area contributed by atoms with Crippen LogP contribution >= 0.6 is 11.6 Å². The molecule has 1 fully saturated rings. The van der Waals surface area contributed by atoms with E-state index < -0.39 is 20.7 Å². The first-order valence-electron chi connectivity index (χ1n) is 8.23. The zero-order valence-electron chi connectivity index (χ0n) is 14.7. The molecule has 0 spiro atoms. The molecule has 27 heavy (non-hydrogen) atoms. The molecule has 3 rings (SSSR count). The molecule has 0 atom stereocenters. The molecule has 6 nitrogen and oxygen atoms in total. The molecule has 0 bridgehead atoms. The van der Waals surface area contributed by atoms with Gasteiger partial charge in [-0.2, -0.15) is 8.67 Å². The fourth-order valence-electron chi connectivity index (χ4n) is 2.62. The summed E-state index contributed by atoms with van der Waals surface area (Å²) >= 11 is 5.82. The molecule has 0 aliphatic carbocycles. The summed E-state index contributed by atoms with van der Waals surface area (Å²) < 4.78 is 36.2. The molecule has 1 aliphatic rings. The minimum atomic E-state index is -3.55. The van der Waals surface area contributed by atoms with Gasteiger partial charge in [0.15, 0.2) is 0 Å². The van der Waals surface area contributed by atoms with Crippen molar-refractivity contribution in [3.05, 3.63) is 59.1 Å².